The molecule has 9 nitrogen and oxygen atoms in total. The molecule has 0 aromatic heterocycles. The number of urea groups is 2. The molecular formula is C7H10N4O5. The largest absolute Gasteiger partial charge is 0.352 e. The summed E-state index contributed by atoms with van der Waals surface area (Å²) in [7, 11) is 2.15. The molecule has 1 atom stereocenters. The molecule has 1 heterocycles. The van der Waals surface area contributed by atoms with Gasteiger partial charge >= 0.3 is 17.8 Å². The molecule has 88 valence electrons. The van der Waals surface area contributed by atoms with Crippen molar-refractivity contribution >= 4 is 23.9 Å². The Bertz CT molecular complexity index is 381. The molecule has 1 aliphatic heterocycles. The van der Waals surface area contributed by atoms with Crippen molar-refractivity contribution in [3.05, 3.63) is 0 Å². The Morgan fingerprint density at radius 1 is 1.50 bits per heavy atom. The third-order valence-corrected chi connectivity index (χ3v) is 2.06. The van der Waals surface area contributed by atoms with Gasteiger partial charge < -0.3 is 10.5 Å². The van der Waals surface area contributed by atoms with E-state index in [1.165, 1.54) is 0 Å². The number of nitrogens with zero attached hydrogens (tertiary/aromatic N) is 1. The van der Waals surface area contributed by atoms with Crippen LogP contribution in [0.25, 0.3) is 0 Å². The molecule has 0 spiro atoms. The second kappa shape index (κ2) is 3.77. The maximum absolute atomic E-state index is 11.7. The lowest BCUT2D eigenvalue weighted by molar-refractivity contribution is -0.167. The minimum atomic E-state index is -2.30. The van der Waals surface area contributed by atoms with E-state index in [0.29, 0.717) is 4.90 Å². The first-order chi connectivity index (χ1) is 7.35. The number of likely N-dealkylation sites (N-methyl/N-ethyl adjacent to an activating group) is 1. The number of nitrogens with one attached hydrogen (secondary N) is 2. The van der Waals surface area contributed by atoms with Crippen molar-refractivity contribution in [1.29, 1.82) is 0 Å². The number of amides is 6. The molecule has 0 radical (unpaired) electrons. The number of barbiturate groups is 1. The fourth-order valence-corrected chi connectivity index (χ4v) is 1.21. The molecule has 1 saturated heterocycles. The van der Waals surface area contributed by atoms with Crippen molar-refractivity contribution in [2.24, 2.45) is 5.73 Å². The van der Waals surface area contributed by atoms with Crippen molar-refractivity contribution < 1.29 is 23.9 Å². The van der Waals surface area contributed by atoms with Crippen LogP contribution in [0.1, 0.15) is 0 Å². The van der Waals surface area contributed by atoms with Crippen LogP contribution in [0, 0.1) is 0 Å². The van der Waals surface area contributed by atoms with Crippen molar-refractivity contribution in [3.8, 4) is 0 Å². The van der Waals surface area contributed by atoms with Crippen LogP contribution >= 0.6 is 0 Å². The number of imide groups is 2. The van der Waals surface area contributed by atoms with Gasteiger partial charge in [-0.1, -0.05) is 0 Å². The number of ether oxygens (including phenoxy) is 1. The van der Waals surface area contributed by atoms with Gasteiger partial charge in [0.25, 0.3) is 11.8 Å². The van der Waals surface area contributed by atoms with Crippen LogP contribution in [0.3, 0.4) is 0 Å². The third kappa shape index (κ3) is 1.56. The van der Waals surface area contributed by atoms with Gasteiger partial charge in [-0.25, -0.2) is 9.59 Å². The number of rotatable bonds is 2. The summed E-state index contributed by atoms with van der Waals surface area (Å²) in [5, 5.41) is 3.70. The van der Waals surface area contributed by atoms with Crippen LogP contribution in [0.2, 0.25) is 0 Å². The Balaban J connectivity index is 3.15. The molecule has 1 fully saturated rings. The molecular weight excluding hydrogens is 220 g/mol. The number of hydrogen-bond donors (Lipinski definition) is 3. The maximum atomic E-state index is 11.7. The summed E-state index contributed by atoms with van der Waals surface area (Å²) in [5.41, 5.74) is 2.53. The lowest BCUT2D eigenvalue weighted by Crippen LogP contribution is -2.74. The van der Waals surface area contributed by atoms with Crippen molar-refractivity contribution in [1.82, 2.24) is 15.5 Å². The molecule has 0 aliphatic carbocycles. The first-order valence-electron chi connectivity index (χ1n) is 4.11. The molecule has 1 aliphatic rings. The Kier molecular flexibility index (Phi) is 2.81. The van der Waals surface area contributed by atoms with Crippen LogP contribution in [-0.4, -0.2) is 48.7 Å². The Morgan fingerprint density at radius 2 is 2.06 bits per heavy atom. The average Bonchev–Trinajstić information content (AvgIpc) is 2.21. The van der Waals surface area contributed by atoms with Gasteiger partial charge in [0.05, 0.1) is 0 Å². The van der Waals surface area contributed by atoms with Gasteiger partial charge in [0.1, 0.15) is 0 Å². The highest BCUT2D eigenvalue weighted by molar-refractivity contribution is 6.22. The number of carbonyl (C=O) groups excluding carboxylic acids is 4. The van der Waals surface area contributed by atoms with Crippen LogP contribution in [-0.2, 0) is 14.3 Å². The van der Waals surface area contributed by atoms with E-state index in [1.54, 1.807) is 0 Å². The lowest BCUT2D eigenvalue weighted by atomic mass is 10.1. The summed E-state index contributed by atoms with van der Waals surface area (Å²) in [6.07, 6.45) is 0. The van der Waals surface area contributed by atoms with Gasteiger partial charge in [-0.15, -0.1) is 0 Å². The normalized spacial score (nSPS) is 25.4. The number of primary amides is 1. The van der Waals surface area contributed by atoms with Crippen molar-refractivity contribution in [2.45, 2.75) is 5.72 Å². The number of carbonyl (C=O) groups is 4. The van der Waals surface area contributed by atoms with Crippen LogP contribution < -0.4 is 16.4 Å². The molecule has 1 rings (SSSR count). The highest BCUT2D eigenvalue weighted by Crippen LogP contribution is 2.15. The minimum absolute atomic E-state index is 0.598. The SMILES string of the molecule is COC1(NC(N)=O)C(=O)NC(=O)N(C)C1=O. The molecule has 16 heavy (non-hydrogen) atoms. The van der Waals surface area contributed by atoms with E-state index in [4.69, 9.17) is 5.73 Å². The Labute approximate surface area is 89.9 Å². The quantitative estimate of drug-likeness (QED) is 0.363. The summed E-state index contributed by atoms with van der Waals surface area (Å²) in [4.78, 5) is 45.5. The second-order valence-corrected chi connectivity index (χ2v) is 3.00. The average molecular weight is 230 g/mol. The van der Waals surface area contributed by atoms with E-state index in [2.05, 4.69) is 4.74 Å². The highest BCUT2D eigenvalue weighted by Gasteiger charge is 2.55. The summed E-state index contributed by atoms with van der Waals surface area (Å²) >= 11 is 0. The van der Waals surface area contributed by atoms with E-state index in [9.17, 15) is 19.2 Å². The lowest BCUT2D eigenvalue weighted by Gasteiger charge is -2.35. The fourth-order valence-electron chi connectivity index (χ4n) is 1.21. The summed E-state index contributed by atoms with van der Waals surface area (Å²) in [6.45, 7) is 0. The predicted octanol–water partition coefficient (Wildman–Crippen LogP) is -2.29. The smallest absolute Gasteiger partial charge is 0.330 e. The summed E-state index contributed by atoms with van der Waals surface area (Å²) in [5.74, 6) is -2.12. The zero-order valence-electron chi connectivity index (χ0n) is 8.57. The second-order valence-electron chi connectivity index (χ2n) is 3.00. The fraction of sp³-hybridized carbons (Fsp3) is 0.429. The monoisotopic (exact) mass is 230 g/mol. The third-order valence-electron chi connectivity index (χ3n) is 2.06. The number of hydrogen-bond acceptors (Lipinski definition) is 5. The molecule has 0 saturated carbocycles. The van der Waals surface area contributed by atoms with Gasteiger partial charge in [0.15, 0.2) is 0 Å². The van der Waals surface area contributed by atoms with Gasteiger partial charge in [0, 0.05) is 14.2 Å². The Morgan fingerprint density at radius 3 is 2.50 bits per heavy atom. The first kappa shape index (κ1) is 11.9. The first-order valence-corrected chi connectivity index (χ1v) is 4.11. The zero-order chi connectivity index (χ0) is 12.5. The standard InChI is InChI=1S/C7H10N4O5/c1-11-4(13)7(16-2,10-5(8)14)3(12)9-6(11)15/h1-2H3,(H3,8,10,14)(H,9,12,15). The summed E-state index contributed by atoms with van der Waals surface area (Å²) in [6, 6.07) is -2.04. The molecule has 4 N–H and O–H groups in total. The maximum Gasteiger partial charge on any atom is 0.330 e. The van der Waals surface area contributed by atoms with Crippen molar-refractivity contribution in [3.63, 3.8) is 0 Å². The minimum Gasteiger partial charge on any atom is -0.352 e. The molecule has 1 unspecified atom stereocenters. The highest BCUT2D eigenvalue weighted by atomic mass is 16.5. The van der Waals surface area contributed by atoms with Gasteiger partial charge in [-0.05, 0) is 0 Å². The van der Waals surface area contributed by atoms with E-state index in [-0.39, 0.29) is 0 Å². The molecule has 0 aromatic rings. The van der Waals surface area contributed by atoms with E-state index in [1.807, 2.05) is 10.6 Å². The molecule has 0 aromatic carbocycles. The molecule has 9 heteroatoms. The van der Waals surface area contributed by atoms with Gasteiger partial charge in [-0.2, -0.15) is 0 Å². The van der Waals surface area contributed by atoms with E-state index >= 15 is 0 Å². The number of methoxy groups -OCH3 is 1. The topological polar surface area (TPSA) is 131 Å². The zero-order valence-corrected chi connectivity index (χ0v) is 8.57. The van der Waals surface area contributed by atoms with Crippen LogP contribution in [0.15, 0.2) is 0 Å². The van der Waals surface area contributed by atoms with Crippen LogP contribution in [0.5, 0.6) is 0 Å². The molecule has 0 bridgehead atoms. The predicted molar refractivity (Wildman–Crippen MR) is 48.8 cm³/mol. The van der Waals surface area contributed by atoms with E-state index in [0.717, 1.165) is 14.2 Å². The van der Waals surface area contributed by atoms with Crippen molar-refractivity contribution in [2.75, 3.05) is 14.2 Å². The van der Waals surface area contributed by atoms with E-state index < -0.39 is 29.6 Å². The Hall–Kier alpha value is -2.16. The summed E-state index contributed by atoms with van der Waals surface area (Å²) < 4.78 is 4.67. The number of nitrogens with two attached hydrogens (primary N) is 1. The van der Waals surface area contributed by atoms with Gasteiger partial charge in [0.2, 0.25) is 0 Å². The molecule has 6 amide bonds. The van der Waals surface area contributed by atoms with Crippen LogP contribution in [0.4, 0.5) is 9.59 Å². The van der Waals surface area contributed by atoms with Gasteiger partial charge in [-0.3, -0.25) is 25.1 Å².